The molecule has 6 heteroatoms. The van der Waals surface area contributed by atoms with E-state index in [0.29, 0.717) is 18.2 Å². The minimum atomic E-state index is -0.138. The lowest BCUT2D eigenvalue weighted by molar-refractivity contribution is 0.0947. The third-order valence-corrected chi connectivity index (χ3v) is 3.03. The van der Waals surface area contributed by atoms with Crippen molar-refractivity contribution in [2.24, 2.45) is 0 Å². The predicted octanol–water partition coefficient (Wildman–Crippen LogP) is 1.35. The monoisotopic (exact) mass is 293 g/mol. The van der Waals surface area contributed by atoms with Gasteiger partial charge in [-0.05, 0) is 39.0 Å². The third-order valence-electron chi connectivity index (χ3n) is 3.03. The van der Waals surface area contributed by atoms with Gasteiger partial charge in [0.15, 0.2) is 0 Å². The van der Waals surface area contributed by atoms with Crippen molar-refractivity contribution in [2.45, 2.75) is 26.2 Å². The standard InChI is InChI=1S/C15H27N5O/c1-11(2)12-10-13(18-15(17-12)20(5)6)14(21)16-8-7-9-19(3)4/h10-11H,7-9H2,1-6H3,(H,16,21). The average molecular weight is 293 g/mol. The second-order valence-electron chi connectivity index (χ2n) is 5.94. The fraction of sp³-hybridized carbons (Fsp3) is 0.667. The largest absolute Gasteiger partial charge is 0.351 e. The van der Waals surface area contributed by atoms with Crippen molar-refractivity contribution < 1.29 is 4.79 Å². The summed E-state index contributed by atoms with van der Waals surface area (Å²) in [6, 6.07) is 1.78. The Hall–Kier alpha value is -1.69. The number of hydrogen-bond acceptors (Lipinski definition) is 5. The van der Waals surface area contributed by atoms with Crippen LogP contribution >= 0.6 is 0 Å². The van der Waals surface area contributed by atoms with Gasteiger partial charge in [-0.1, -0.05) is 13.8 Å². The normalized spacial score (nSPS) is 11.0. The molecule has 0 aromatic carbocycles. The molecule has 0 fully saturated rings. The topological polar surface area (TPSA) is 61.4 Å². The lowest BCUT2D eigenvalue weighted by Gasteiger charge is -2.15. The Kier molecular flexibility index (Phi) is 6.55. The maximum atomic E-state index is 12.2. The van der Waals surface area contributed by atoms with Gasteiger partial charge in [0.05, 0.1) is 0 Å². The molecule has 0 spiro atoms. The van der Waals surface area contributed by atoms with Crippen molar-refractivity contribution in [1.82, 2.24) is 20.2 Å². The van der Waals surface area contributed by atoms with Gasteiger partial charge in [0, 0.05) is 26.3 Å². The number of carbonyl (C=O) groups excluding carboxylic acids is 1. The molecule has 1 heterocycles. The molecule has 1 aromatic heterocycles. The van der Waals surface area contributed by atoms with Crippen molar-refractivity contribution in [1.29, 1.82) is 0 Å². The van der Waals surface area contributed by atoms with Crippen molar-refractivity contribution >= 4 is 11.9 Å². The van der Waals surface area contributed by atoms with Gasteiger partial charge in [-0.3, -0.25) is 4.79 Å². The average Bonchev–Trinajstić information content (AvgIpc) is 2.42. The van der Waals surface area contributed by atoms with Crippen LogP contribution in [0.25, 0.3) is 0 Å². The summed E-state index contributed by atoms with van der Waals surface area (Å²) in [7, 11) is 7.78. The van der Waals surface area contributed by atoms with E-state index >= 15 is 0 Å². The zero-order valence-corrected chi connectivity index (χ0v) is 14.0. The summed E-state index contributed by atoms with van der Waals surface area (Å²) in [6.45, 7) is 5.71. The summed E-state index contributed by atoms with van der Waals surface area (Å²) in [5, 5.41) is 2.91. The first-order valence-corrected chi connectivity index (χ1v) is 7.30. The molecule has 1 rings (SSSR count). The number of amides is 1. The van der Waals surface area contributed by atoms with E-state index < -0.39 is 0 Å². The van der Waals surface area contributed by atoms with Gasteiger partial charge in [-0.25, -0.2) is 9.97 Å². The molecule has 0 atom stereocenters. The lowest BCUT2D eigenvalue weighted by Crippen LogP contribution is -2.28. The lowest BCUT2D eigenvalue weighted by atomic mass is 10.1. The molecule has 0 saturated heterocycles. The summed E-state index contributed by atoms with van der Waals surface area (Å²) in [5.74, 6) is 0.688. The molecule has 0 bridgehead atoms. The fourth-order valence-corrected chi connectivity index (χ4v) is 1.75. The minimum absolute atomic E-state index is 0.138. The van der Waals surface area contributed by atoms with E-state index in [4.69, 9.17) is 0 Å². The number of hydrogen-bond donors (Lipinski definition) is 1. The second-order valence-corrected chi connectivity index (χ2v) is 5.94. The third kappa shape index (κ3) is 5.67. The highest BCUT2D eigenvalue weighted by Crippen LogP contribution is 2.16. The first kappa shape index (κ1) is 17.4. The number of nitrogens with one attached hydrogen (secondary N) is 1. The van der Waals surface area contributed by atoms with Gasteiger partial charge in [0.1, 0.15) is 5.69 Å². The summed E-state index contributed by atoms with van der Waals surface area (Å²) in [6.07, 6.45) is 0.918. The Morgan fingerprint density at radius 1 is 1.24 bits per heavy atom. The van der Waals surface area contributed by atoms with Crippen molar-refractivity contribution in [2.75, 3.05) is 46.2 Å². The van der Waals surface area contributed by atoms with Crippen LogP contribution in [-0.2, 0) is 0 Å². The van der Waals surface area contributed by atoms with Gasteiger partial charge >= 0.3 is 0 Å². The zero-order valence-electron chi connectivity index (χ0n) is 14.0. The molecule has 0 aliphatic heterocycles. The van der Waals surface area contributed by atoms with Gasteiger partial charge in [-0.2, -0.15) is 0 Å². The number of anilines is 1. The van der Waals surface area contributed by atoms with Crippen LogP contribution in [0, 0.1) is 0 Å². The molecule has 0 aliphatic rings. The Morgan fingerprint density at radius 2 is 1.90 bits per heavy atom. The maximum Gasteiger partial charge on any atom is 0.270 e. The first-order chi connectivity index (χ1) is 9.81. The van der Waals surface area contributed by atoms with Crippen LogP contribution in [0.4, 0.5) is 5.95 Å². The van der Waals surface area contributed by atoms with Gasteiger partial charge in [-0.15, -0.1) is 0 Å². The van der Waals surface area contributed by atoms with Crippen LogP contribution in [0.3, 0.4) is 0 Å². The minimum Gasteiger partial charge on any atom is -0.351 e. The highest BCUT2D eigenvalue weighted by Gasteiger charge is 2.14. The molecule has 0 radical (unpaired) electrons. The van der Waals surface area contributed by atoms with E-state index in [0.717, 1.165) is 18.7 Å². The molecule has 21 heavy (non-hydrogen) atoms. The molecule has 0 unspecified atom stereocenters. The van der Waals surface area contributed by atoms with Crippen molar-refractivity contribution in [3.8, 4) is 0 Å². The van der Waals surface area contributed by atoms with Crippen molar-refractivity contribution in [3.05, 3.63) is 17.5 Å². The summed E-state index contributed by atoms with van der Waals surface area (Å²) < 4.78 is 0. The molecule has 1 N–H and O–H groups in total. The van der Waals surface area contributed by atoms with Crippen LogP contribution < -0.4 is 10.2 Å². The molecular formula is C15H27N5O. The van der Waals surface area contributed by atoms with E-state index in [1.807, 2.05) is 33.1 Å². The number of carbonyl (C=O) groups is 1. The van der Waals surface area contributed by atoms with Crippen LogP contribution in [0.1, 0.15) is 42.4 Å². The Bertz CT molecular complexity index is 445. The van der Waals surface area contributed by atoms with Crippen LogP contribution in [-0.4, -0.2) is 62.1 Å². The van der Waals surface area contributed by atoms with E-state index in [1.54, 1.807) is 6.07 Å². The highest BCUT2D eigenvalue weighted by molar-refractivity contribution is 5.92. The first-order valence-electron chi connectivity index (χ1n) is 7.30. The van der Waals surface area contributed by atoms with Crippen LogP contribution in [0.15, 0.2) is 6.07 Å². The molecule has 1 aromatic rings. The van der Waals surface area contributed by atoms with Crippen LogP contribution in [0.2, 0.25) is 0 Å². The zero-order chi connectivity index (χ0) is 16.0. The molecule has 0 aliphatic carbocycles. The van der Waals surface area contributed by atoms with E-state index in [1.165, 1.54) is 0 Å². The summed E-state index contributed by atoms with van der Waals surface area (Å²) >= 11 is 0. The maximum absolute atomic E-state index is 12.2. The van der Waals surface area contributed by atoms with E-state index in [2.05, 4.69) is 34.0 Å². The molecule has 6 nitrogen and oxygen atoms in total. The predicted molar refractivity (Wildman–Crippen MR) is 86.0 cm³/mol. The number of aromatic nitrogens is 2. The van der Waals surface area contributed by atoms with Gasteiger partial charge < -0.3 is 15.1 Å². The fourth-order valence-electron chi connectivity index (χ4n) is 1.75. The number of nitrogens with zero attached hydrogens (tertiary/aromatic N) is 4. The highest BCUT2D eigenvalue weighted by atomic mass is 16.1. The molecule has 0 saturated carbocycles. The molecule has 118 valence electrons. The van der Waals surface area contributed by atoms with Crippen molar-refractivity contribution in [3.63, 3.8) is 0 Å². The second kappa shape index (κ2) is 7.93. The van der Waals surface area contributed by atoms with Gasteiger partial charge in [0.2, 0.25) is 5.95 Å². The Balaban J connectivity index is 2.78. The number of rotatable bonds is 7. The van der Waals surface area contributed by atoms with Crippen LogP contribution in [0.5, 0.6) is 0 Å². The quantitative estimate of drug-likeness (QED) is 0.769. The smallest absolute Gasteiger partial charge is 0.270 e. The summed E-state index contributed by atoms with van der Waals surface area (Å²) in [5.41, 5.74) is 1.31. The van der Waals surface area contributed by atoms with Gasteiger partial charge in [0.25, 0.3) is 5.91 Å². The summed E-state index contributed by atoms with van der Waals surface area (Å²) in [4.78, 5) is 24.9. The Morgan fingerprint density at radius 3 is 2.43 bits per heavy atom. The van der Waals surface area contributed by atoms with E-state index in [-0.39, 0.29) is 11.8 Å². The van der Waals surface area contributed by atoms with E-state index in [9.17, 15) is 4.79 Å². The molecular weight excluding hydrogens is 266 g/mol. The molecule has 1 amide bonds. The Labute approximate surface area is 127 Å². The SMILES string of the molecule is CC(C)c1cc(C(=O)NCCCN(C)C)nc(N(C)C)n1.